The number of nitrogens with zero attached hydrogens (tertiary/aromatic N) is 1. The normalized spacial score (nSPS) is 18.1. The standard InChI is InChI=1S/C4H8ClNO/c1-3(5)4(2)6-7/h3-4H,1-2H3. The molecule has 0 N–H and O–H groups in total. The monoisotopic (exact) mass is 121 g/mol. The van der Waals surface area contributed by atoms with Crippen LogP contribution in [0.4, 0.5) is 0 Å². The van der Waals surface area contributed by atoms with Crippen molar-refractivity contribution in [2.45, 2.75) is 25.3 Å². The SMILES string of the molecule is CC(Cl)C(C)N=O. The minimum Gasteiger partial charge on any atom is -0.150 e. The lowest BCUT2D eigenvalue weighted by Gasteiger charge is -2.00. The zero-order valence-corrected chi connectivity index (χ0v) is 5.14. The molecule has 0 rings (SSSR count). The van der Waals surface area contributed by atoms with Crippen LogP contribution >= 0.6 is 11.6 Å². The Morgan fingerprint density at radius 1 is 1.57 bits per heavy atom. The Morgan fingerprint density at radius 2 is 2.00 bits per heavy atom. The summed E-state index contributed by atoms with van der Waals surface area (Å²) in [5.41, 5.74) is 0. The summed E-state index contributed by atoms with van der Waals surface area (Å²) in [6.45, 7) is 3.43. The van der Waals surface area contributed by atoms with E-state index in [0.717, 1.165) is 0 Å². The van der Waals surface area contributed by atoms with Gasteiger partial charge in [-0.15, -0.1) is 11.6 Å². The van der Waals surface area contributed by atoms with Crippen molar-refractivity contribution in [2.24, 2.45) is 5.18 Å². The first-order chi connectivity index (χ1) is 3.18. The first kappa shape index (κ1) is 6.89. The second-order valence-corrected chi connectivity index (χ2v) is 2.21. The molecule has 2 atom stereocenters. The van der Waals surface area contributed by atoms with Crippen LogP contribution in [0.5, 0.6) is 0 Å². The first-order valence-electron chi connectivity index (χ1n) is 2.15. The van der Waals surface area contributed by atoms with Crippen LogP contribution in [0.2, 0.25) is 0 Å². The average Bonchev–Trinajstić information content (AvgIpc) is 1.65. The molecule has 0 aromatic heterocycles. The number of alkyl halides is 1. The molecule has 0 aliphatic heterocycles. The Kier molecular flexibility index (Phi) is 2.92. The van der Waals surface area contributed by atoms with Gasteiger partial charge >= 0.3 is 0 Å². The molecule has 0 aromatic carbocycles. The molecule has 0 saturated carbocycles. The lowest BCUT2D eigenvalue weighted by atomic mass is 10.3. The number of halogens is 1. The fraction of sp³-hybridized carbons (Fsp3) is 1.00. The van der Waals surface area contributed by atoms with Gasteiger partial charge in [0.05, 0.1) is 5.38 Å². The summed E-state index contributed by atoms with van der Waals surface area (Å²) in [6, 6.07) is -0.262. The van der Waals surface area contributed by atoms with Gasteiger partial charge in [0.25, 0.3) is 0 Å². The van der Waals surface area contributed by atoms with Gasteiger partial charge in [0.1, 0.15) is 6.04 Å². The van der Waals surface area contributed by atoms with E-state index < -0.39 is 0 Å². The van der Waals surface area contributed by atoms with Gasteiger partial charge in [0.15, 0.2) is 0 Å². The van der Waals surface area contributed by atoms with Crippen LogP contribution < -0.4 is 0 Å². The maximum Gasteiger partial charge on any atom is 0.105 e. The van der Waals surface area contributed by atoms with Crippen molar-refractivity contribution >= 4 is 11.6 Å². The quantitative estimate of drug-likeness (QED) is 0.405. The largest absolute Gasteiger partial charge is 0.150 e. The molecule has 0 amide bonds. The van der Waals surface area contributed by atoms with Crippen molar-refractivity contribution in [2.75, 3.05) is 0 Å². The molecule has 0 aliphatic rings. The molecule has 0 fully saturated rings. The van der Waals surface area contributed by atoms with E-state index in [4.69, 9.17) is 11.6 Å². The second-order valence-electron chi connectivity index (χ2n) is 1.52. The molecule has 0 aromatic rings. The van der Waals surface area contributed by atoms with E-state index in [1.807, 2.05) is 0 Å². The molecule has 3 heteroatoms. The predicted molar refractivity (Wildman–Crippen MR) is 30.6 cm³/mol. The van der Waals surface area contributed by atoms with E-state index in [0.29, 0.717) is 0 Å². The Morgan fingerprint density at radius 3 is 2.00 bits per heavy atom. The van der Waals surface area contributed by atoms with Crippen molar-refractivity contribution in [1.29, 1.82) is 0 Å². The van der Waals surface area contributed by atoms with Crippen molar-refractivity contribution in [1.82, 2.24) is 0 Å². The van der Waals surface area contributed by atoms with Crippen LogP contribution in [0.3, 0.4) is 0 Å². The molecule has 0 heterocycles. The van der Waals surface area contributed by atoms with Crippen molar-refractivity contribution < 1.29 is 0 Å². The van der Waals surface area contributed by atoms with Crippen LogP contribution in [0.15, 0.2) is 5.18 Å². The van der Waals surface area contributed by atoms with Gasteiger partial charge in [0, 0.05) is 0 Å². The van der Waals surface area contributed by atoms with Crippen LogP contribution in [0.25, 0.3) is 0 Å². The maximum atomic E-state index is 9.61. The summed E-state index contributed by atoms with van der Waals surface area (Å²) in [4.78, 5) is 9.61. The Hall–Kier alpha value is -0.110. The van der Waals surface area contributed by atoms with Gasteiger partial charge < -0.3 is 0 Å². The summed E-state index contributed by atoms with van der Waals surface area (Å²) in [7, 11) is 0. The molecule has 2 unspecified atom stereocenters. The van der Waals surface area contributed by atoms with Gasteiger partial charge in [-0.1, -0.05) is 5.18 Å². The van der Waals surface area contributed by atoms with E-state index in [-0.39, 0.29) is 11.4 Å². The molecular weight excluding hydrogens is 114 g/mol. The number of nitroso groups, excluding NO2 is 1. The zero-order valence-electron chi connectivity index (χ0n) is 4.39. The van der Waals surface area contributed by atoms with E-state index >= 15 is 0 Å². The van der Waals surface area contributed by atoms with Crippen molar-refractivity contribution in [3.63, 3.8) is 0 Å². The highest BCUT2D eigenvalue weighted by molar-refractivity contribution is 6.20. The van der Waals surface area contributed by atoms with E-state index in [1.165, 1.54) is 0 Å². The van der Waals surface area contributed by atoms with Crippen LogP contribution in [0.1, 0.15) is 13.8 Å². The third-order valence-corrected chi connectivity index (χ3v) is 1.20. The fourth-order valence-corrected chi connectivity index (χ4v) is 0.130. The topological polar surface area (TPSA) is 29.4 Å². The second kappa shape index (κ2) is 2.97. The van der Waals surface area contributed by atoms with Gasteiger partial charge in [0.2, 0.25) is 0 Å². The molecule has 0 aliphatic carbocycles. The molecule has 0 spiro atoms. The van der Waals surface area contributed by atoms with E-state index in [2.05, 4.69) is 5.18 Å². The lowest BCUT2D eigenvalue weighted by Crippen LogP contribution is -2.08. The maximum absolute atomic E-state index is 9.61. The van der Waals surface area contributed by atoms with Crippen molar-refractivity contribution in [3.8, 4) is 0 Å². The van der Waals surface area contributed by atoms with Crippen molar-refractivity contribution in [3.05, 3.63) is 4.91 Å². The van der Waals surface area contributed by atoms with E-state index in [1.54, 1.807) is 13.8 Å². The fourth-order valence-electron chi connectivity index (χ4n) is 0.0839. The number of hydrogen-bond acceptors (Lipinski definition) is 2. The van der Waals surface area contributed by atoms with Crippen LogP contribution in [0, 0.1) is 4.91 Å². The minimum atomic E-state index is -0.262. The third-order valence-electron chi connectivity index (χ3n) is 0.831. The Bertz CT molecular complexity index is 64.7. The van der Waals surface area contributed by atoms with Crippen LogP contribution in [-0.4, -0.2) is 11.4 Å². The molecular formula is C4H8ClNO. The molecule has 0 radical (unpaired) electrons. The van der Waals surface area contributed by atoms with Gasteiger partial charge in [-0.05, 0) is 13.8 Å². The summed E-state index contributed by atoms with van der Waals surface area (Å²) in [5.74, 6) is 0. The molecule has 42 valence electrons. The minimum absolute atomic E-state index is 0.141. The highest BCUT2D eigenvalue weighted by Gasteiger charge is 2.06. The summed E-state index contributed by atoms with van der Waals surface area (Å²) < 4.78 is 0. The number of rotatable bonds is 2. The molecule has 7 heavy (non-hydrogen) atoms. The molecule has 0 bridgehead atoms. The molecule has 0 saturated heterocycles. The summed E-state index contributed by atoms with van der Waals surface area (Å²) in [5, 5.41) is 2.56. The van der Waals surface area contributed by atoms with E-state index in [9.17, 15) is 4.91 Å². The smallest absolute Gasteiger partial charge is 0.105 e. The zero-order chi connectivity index (χ0) is 5.86. The van der Waals surface area contributed by atoms with Gasteiger partial charge in [-0.3, -0.25) is 0 Å². The predicted octanol–water partition coefficient (Wildman–Crippen LogP) is 1.77. The van der Waals surface area contributed by atoms with Crippen LogP contribution in [-0.2, 0) is 0 Å². The third kappa shape index (κ3) is 2.57. The van der Waals surface area contributed by atoms with Gasteiger partial charge in [-0.25, -0.2) is 0 Å². The Balaban J connectivity index is 3.33. The summed E-state index contributed by atoms with van der Waals surface area (Å²) in [6.07, 6.45) is 0. The summed E-state index contributed by atoms with van der Waals surface area (Å²) >= 11 is 5.43. The first-order valence-corrected chi connectivity index (χ1v) is 2.58. The number of hydrogen-bond donors (Lipinski definition) is 0. The average molecular weight is 122 g/mol. The highest BCUT2D eigenvalue weighted by Crippen LogP contribution is 2.02. The molecule has 2 nitrogen and oxygen atoms in total. The highest BCUT2D eigenvalue weighted by atomic mass is 35.5. The lowest BCUT2D eigenvalue weighted by molar-refractivity contribution is 0.719. The van der Waals surface area contributed by atoms with Gasteiger partial charge in [-0.2, -0.15) is 4.91 Å². The Labute approximate surface area is 47.8 Å².